The number of nitrogens with one attached hydrogen (secondary N) is 2. The maximum absolute atomic E-state index is 12.7. The van der Waals surface area contributed by atoms with Crippen LogP contribution in [-0.2, 0) is 17.9 Å². The predicted octanol–water partition coefficient (Wildman–Crippen LogP) is 3.08. The van der Waals surface area contributed by atoms with Gasteiger partial charge in [0.05, 0.1) is 11.0 Å². The van der Waals surface area contributed by atoms with Crippen molar-refractivity contribution in [3.63, 3.8) is 0 Å². The Balaban J connectivity index is 1.69. The van der Waals surface area contributed by atoms with Crippen LogP contribution >= 0.6 is 0 Å². The largest absolute Gasteiger partial charge is 0.380 e. The van der Waals surface area contributed by atoms with E-state index in [0.717, 1.165) is 16.7 Å². The SMILES string of the molecule is CCn1c(=O)n(CC(=O)NCC(Nc2ccccc2)C(C)C)c2ccccc21. The topological polar surface area (TPSA) is 68.1 Å². The standard InChI is InChI=1S/C22H28N4O2/c1-4-25-19-12-8-9-13-20(19)26(22(25)28)15-21(27)23-14-18(16(2)3)24-17-10-6-5-7-11-17/h5-13,16,18,24H,4,14-15H2,1-3H3,(H,23,27). The lowest BCUT2D eigenvalue weighted by Crippen LogP contribution is -2.41. The van der Waals surface area contributed by atoms with Crippen molar-refractivity contribution < 1.29 is 4.79 Å². The summed E-state index contributed by atoms with van der Waals surface area (Å²) in [6.45, 7) is 7.25. The van der Waals surface area contributed by atoms with Crippen molar-refractivity contribution >= 4 is 22.6 Å². The van der Waals surface area contributed by atoms with Crippen LogP contribution in [0, 0.1) is 5.92 Å². The highest BCUT2D eigenvalue weighted by Crippen LogP contribution is 2.13. The van der Waals surface area contributed by atoms with E-state index in [0.29, 0.717) is 19.0 Å². The summed E-state index contributed by atoms with van der Waals surface area (Å²) in [6, 6.07) is 17.6. The van der Waals surface area contributed by atoms with Gasteiger partial charge in [-0.3, -0.25) is 13.9 Å². The number of fused-ring (bicyclic) bond motifs is 1. The quantitative estimate of drug-likeness (QED) is 0.631. The summed E-state index contributed by atoms with van der Waals surface area (Å²) in [4.78, 5) is 25.3. The van der Waals surface area contributed by atoms with Gasteiger partial charge in [0.15, 0.2) is 0 Å². The molecule has 1 atom stereocenters. The molecule has 0 radical (unpaired) electrons. The van der Waals surface area contributed by atoms with Crippen LogP contribution in [0.2, 0.25) is 0 Å². The number of hydrogen-bond donors (Lipinski definition) is 2. The zero-order valence-electron chi connectivity index (χ0n) is 16.7. The van der Waals surface area contributed by atoms with Gasteiger partial charge in [-0.1, -0.05) is 44.2 Å². The molecule has 28 heavy (non-hydrogen) atoms. The first-order valence-electron chi connectivity index (χ1n) is 9.77. The number of benzene rings is 2. The molecule has 0 aliphatic rings. The summed E-state index contributed by atoms with van der Waals surface area (Å²) in [5.41, 5.74) is 2.51. The van der Waals surface area contributed by atoms with Gasteiger partial charge in [-0.25, -0.2) is 4.79 Å². The smallest absolute Gasteiger partial charge is 0.329 e. The van der Waals surface area contributed by atoms with E-state index in [9.17, 15) is 9.59 Å². The molecule has 0 aliphatic heterocycles. The van der Waals surface area contributed by atoms with E-state index in [1.807, 2.05) is 61.5 Å². The minimum atomic E-state index is -0.165. The summed E-state index contributed by atoms with van der Waals surface area (Å²) in [5, 5.41) is 6.45. The third kappa shape index (κ3) is 4.27. The average molecular weight is 380 g/mol. The van der Waals surface area contributed by atoms with Crippen LogP contribution in [0.1, 0.15) is 20.8 Å². The van der Waals surface area contributed by atoms with Crippen molar-refractivity contribution in [1.82, 2.24) is 14.5 Å². The zero-order valence-corrected chi connectivity index (χ0v) is 16.7. The summed E-state index contributed by atoms with van der Waals surface area (Å²) in [6.07, 6.45) is 0. The molecule has 6 nitrogen and oxygen atoms in total. The number of hydrogen-bond acceptors (Lipinski definition) is 3. The summed E-state index contributed by atoms with van der Waals surface area (Å²) in [5.74, 6) is 0.173. The van der Waals surface area contributed by atoms with E-state index < -0.39 is 0 Å². The number of carbonyl (C=O) groups excluding carboxylic acids is 1. The Bertz CT molecular complexity index is 989. The highest BCUT2D eigenvalue weighted by Gasteiger charge is 2.17. The molecular formula is C22H28N4O2. The lowest BCUT2D eigenvalue weighted by Gasteiger charge is -2.24. The monoisotopic (exact) mass is 380 g/mol. The number of amides is 1. The molecule has 0 fully saturated rings. The second kappa shape index (κ2) is 8.78. The van der Waals surface area contributed by atoms with E-state index in [2.05, 4.69) is 24.5 Å². The van der Waals surface area contributed by atoms with Gasteiger partial charge in [0.1, 0.15) is 6.54 Å². The first-order chi connectivity index (χ1) is 13.5. The lowest BCUT2D eigenvalue weighted by molar-refractivity contribution is -0.121. The van der Waals surface area contributed by atoms with Gasteiger partial charge in [0, 0.05) is 24.8 Å². The van der Waals surface area contributed by atoms with Gasteiger partial charge in [0.25, 0.3) is 0 Å². The molecule has 1 heterocycles. The van der Waals surface area contributed by atoms with Crippen LogP contribution in [0.15, 0.2) is 59.4 Å². The Morgan fingerprint density at radius 3 is 2.18 bits per heavy atom. The minimum Gasteiger partial charge on any atom is -0.380 e. The molecule has 1 unspecified atom stereocenters. The zero-order chi connectivity index (χ0) is 20.1. The maximum atomic E-state index is 12.7. The van der Waals surface area contributed by atoms with E-state index in [4.69, 9.17) is 0 Å². The second-order valence-electron chi connectivity index (χ2n) is 7.27. The van der Waals surface area contributed by atoms with Gasteiger partial charge < -0.3 is 10.6 Å². The molecule has 3 aromatic rings. The highest BCUT2D eigenvalue weighted by atomic mass is 16.2. The third-order valence-corrected chi connectivity index (χ3v) is 4.99. The molecule has 148 valence electrons. The molecule has 0 bridgehead atoms. The number of nitrogens with zero attached hydrogens (tertiary/aromatic N) is 2. The van der Waals surface area contributed by atoms with Gasteiger partial charge in [-0.05, 0) is 37.1 Å². The molecule has 2 aromatic carbocycles. The summed E-state index contributed by atoms with van der Waals surface area (Å²) >= 11 is 0. The number of anilines is 1. The first kappa shape index (κ1) is 19.7. The molecular weight excluding hydrogens is 352 g/mol. The lowest BCUT2D eigenvalue weighted by atomic mass is 10.0. The molecule has 0 saturated carbocycles. The van der Waals surface area contributed by atoms with Crippen LogP contribution in [0.5, 0.6) is 0 Å². The third-order valence-electron chi connectivity index (χ3n) is 4.99. The molecule has 1 amide bonds. The Kier molecular flexibility index (Phi) is 6.19. The Labute approximate surface area is 165 Å². The molecule has 0 saturated heterocycles. The summed E-state index contributed by atoms with van der Waals surface area (Å²) < 4.78 is 3.24. The Morgan fingerprint density at radius 2 is 1.57 bits per heavy atom. The summed E-state index contributed by atoms with van der Waals surface area (Å²) in [7, 11) is 0. The number of para-hydroxylation sites is 3. The maximum Gasteiger partial charge on any atom is 0.329 e. The van der Waals surface area contributed by atoms with Crippen LogP contribution in [0.25, 0.3) is 11.0 Å². The highest BCUT2D eigenvalue weighted by molar-refractivity contribution is 5.81. The van der Waals surface area contributed by atoms with Crippen LogP contribution < -0.4 is 16.3 Å². The normalized spacial score (nSPS) is 12.3. The van der Waals surface area contributed by atoms with Gasteiger partial charge >= 0.3 is 5.69 Å². The minimum absolute atomic E-state index is 0.0164. The van der Waals surface area contributed by atoms with E-state index in [1.165, 1.54) is 0 Å². The van der Waals surface area contributed by atoms with Crippen molar-refractivity contribution in [3.8, 4) is 0 Å². The second-order valence-corrected chi connectivity index (χ2v) is 7.27. The number of aromatic nitrogens is 2. The Hall–Kier alpha value is -3.02. The fourth-order valence-electron chi connectivity index (χ4n) is 3.36. The number of imidazole rings is 1. The Morgan fingerprint density at radius 1 is 0.964 bits per heavy atom. The predicted molar refractivity (Wildman–Crippen MR) is 114 cm³/mol. The van der Waals surface area contributed by atoms with E-state index >= 15 is 0 Å². The first-order valence-corrected chi connectivity index (χ1v) is 9.77. The van der Waals surface area contributed by atoms with E-state index in [-0.39, 0.29) is 24.2 Å². The van der Waals surface area contributed by atoms with Gasteiger partial charge in [-0.2, -0.15) is 0 Å². The van der Waals surface area contributed by atoms with Gasteiger partial charge in [0.2, 0.25) is 5.91 Å². The van der Waals surface area contributed by atoms with Crippen LogP contribution in [0.4, 0.5) is 5.69 Å². The molecule has 3 rings (SSSR count). The average Bonchev–Trinajstić information content (AvgIpc) is 2.96. The van der Waals surface area contributed by atoms with E-state index in [1.54, 1.807) is 9.13 Å². The molecule has 2 N–H and O–H groups in total. The molecule has 1 aromatic heterocycles. The number of carbonyl (C=O) groups is 1. The number of aryl methyl sites for hydroxylation is 1. The van der Waals surface area contributed by atoms with Crippen molar-refractivity contribution in [2.45, 2.75) is 39.9 Å². The van der Waals surface area contributed by atoms with Crippen molar-refractivity contribution in [3.05, 3.63) is 65.1 Å². The number of rotatable bonds is 8. The fourth-order valence-corrected chi connectivity index (χ4v) is 3.36. The van der Waals surface area contributed by atoms with Crippen molar-refractivity contribution in [1.29, 1.82) is 0 Å². The van der Waals surface area contributed by atoms with Crippen LogP contribution in [-0.4, -0.2) is 27.6 Å². The van der Waals surface area contributed by atoms with Crippen LogP contribution in [0.3, 0.4) is 0 Å². The fraction of sp³-hybridized carbons (Fsp3) is 0.364. The van der Waals surface area contributed by atoms with Crippen molar-refractivity contribution in [2.24, 2.45) is 5.92 Å². The molecule has 0 aliphatic carbocycles. The molecule has 0 spiro atoms. The van der Waals surface area contributed by atoms with Crippen molar-refractivity contribution in [2.75, 3.05) is 11.9 Å². The molecule has 6 heteroatoms. The van der Waals surface area contributed by atoms with Gasteiger partial charge in [-0.15, -0.1) is 0 Å².